The van der Waals surface area contributed by atoms with Crippen LogP contribution in [0.5, 0.6) is 0 Å². The molecule has 7 heteroatoms. The van der Waals surface area contributed by atoms with Crippen LogP contribution in [0.4, 0.5) is 0 Å². The number of furan rings is 1. The Labute approximate surface area is 161 Å². The first kappa shape index (κ1) is 19.7. The summed E-state index contributed by atoms with van der Waals surface area (Å²) in [5.74, 6) is -1.17. The zero-order valence-electron chi connectivity index (χ0n) is 16.5. The molecule has 3 rings (SSSR count). The lowest BCUT2D eigenvalue weighted by atomic mass is 9.98. The highest BCUT2D eigenvalue weighted by atomic mass is 16.4. The van der Waals surface area contributed by atoms with Gasteiger partial charge in [0, 0.05) is 5.39 Å². The maximum Gasteiger partial charge on any atom is 0.340 e. The van der Waals surface area contributed by atoms with Crippen LogP contribution in [-0.4, -0.2) is 17.9 Å². The highest BCUT2D eigenvalue weighted by Gasteiger charge is 2.21. The van der Waals surface area contributed by atoms with Crippen molar-refractivity contribution >= 4 is 33.8 Å². The Morgan fingerprint density at radius 3 is 2.39 bits per heavy atom. The number of fused-ring (bicyclic) bond motifs is 3. The number of rotatable bonds is 5. The first-order chi connectivity index (χ1) is 13.1. The molecule has 2 aromatic heterocycles. The number of carboxylic acids is 1. The molecule has 0 saturated carbocycles. The monoisotopic (exact) mass is 384 g/mol. The van der Waals surface area contributed by atoms with Gasteiger partial charge in [0.25, 0.3) is 0 Å². The molecule has 0 unspecified atom stereocenters. The second-order valence-corrected chi connectivity index (χ2v) is 7.07. The maximum absolute atomic E-state index is 12.5. The van der Waals surface area contributed by atoms with Crippen LogP contribution in [0.2, 0.25) is 0 Å². The van der Waals surface area contributed by atoms with Crippen LogP contribution in [0.1, 0.15) is 41.4 Å². The second-order valence-electron chi connectivity index (χ2n) is 7.07. The minimum Gasteiger partial charge on any atom is -0.548 e. The first-order valence-corrected chi connectivity index (χ1v) is 9.11. The Balaban J connectivity index is 2.14. The van der Waals surface area contributed by atoms with Gasteiger partial charge in [-0.05, 0) is 56.9 Å². The summed E-state index contributed by atoms with van der Waals surface area (Å²) in [6.45, 7) is 9.12. The summed E-state index contributed by atoms with van der Waals surface area (Å²) in [5, 5.41) is 15.0. The number of carbonyl (C=O) groups is 2. The van der Waals surface area contributed by atoms with Crippen molar-refractivity contribution in [3.8, 4) is 0 Å². The summed E-state index contributed by atoms with van der Waals surface area (Å²) < 4.78 is 11.4. The number of benzene rings is 1. The van der Waals surface area contributed by atoms with E-state index in [2.05, 4.69) is 5.32 Å². The van der Waals surface area contributed by atoms with Crippen molar-refractivity contribution < 1.29 is 23.5 Å². The van der Waals surface area contributed by atoms with Crippen molar-refractivity contribution in [2.45, 2.75) is 53.5 Å². The Hall–Kier alpha value is -3.09. The van der Waals surface area contributed by atoms with Crippen LogP contribution >= 0.6 is 0 Å². The van der Waals surface area contributed by atoms with Crippen molar-refractivity contribution in [3.63, 3.8) is 0 Å². The van der Waals surface area contributed by atoms with Crippen LogP contribution in [0.25, 0.3) is 21.9 Å². The molecule has 1 amide bonds. The summed E-state index contributed by atoms with van der Waals surface area (Å²) in [7, 11) is 0. The van der Waals surface area contributed by atoms with E-state index in [-0.39, 0.29) is 18.4 Å². The topological polar surface area (TPSA) is 113 Å². The summed E-state index contributed by atoms with van der Waals surface area (Å²) in [4.78, 5) is 35.8. The van der Waals surface area contributed by atoms with Crippen LogP contribution in [0.15, 0.2) is 19.7 Å². The van der Waals surface area contributed by atoms with E-state index in [1.165, 1.54) is 0 Å². The van der Waals surface area contributed by atoms with Gasteiger partial charge in [0.1, 0.15) is 16.9 Å². The fraction of sp³-hybridized carbons (Fsp3) is 0.381. The van der Waals surface area contributed by atoms with E-state index in [9.17, 15) is 19.5 Å². The lowest BCUT2D eigenvalue weighted by molar-refractivity contribution is -0.308. The highest BCUT2D eigenvalue weighted by Crippen LogP contribution is 2.36. The van der Waals surface area contributed by atoms with Gasteiger partial charge in [-0.25, -0.2) is 4.79 Å². The van der Waals surface area contributed by atoms with Gasteiger partial charge < -0.3 is 24.1 Å². The van der Waals surface area contributed by atoms with E-state index in [4.69, 9.17) is 8.83 Å². The summed E-state index contributed by atoms with van der Waals surface area (Å²) in [5.41, 5.74) is 3.10. The normalized spacial score (nSPS) is 12.5. The molecule has 1 aromatic carbocycles. The molecule has 2 heterocycles. The van der Waals surface area contributed by atoms with Gasteiger partial charge in [-0.15, -0.1) is 0 Å². The van der Waals surface area contributed by atoms with Crippen molar-refractivity contribution in [1.82, 2.24) is 5.32 Å². The summed E-state index contributed by atoms with van der Waals surface area (Å²) in [6.07, 6.45) is -0.105. The third-order valence-electron chi connectivity index (χ3n) is 5.24. The average molecular weight is 384 g/mol. The smallest absolute Gasteiger partial charge is 0.340 e. The van der Waals surface area contributed by atoms with Crippen LogP contribution < -0.4 is 16.0 Å². The van der Waals surface area contributed by atoms with E-state index >= 15 is 0 Å². The minimum absolute atomic E-state index is 0.176. The van der Waals surface area contributed by atoms with Crippen molar-refractivity contribution in [2.75, 3.05) is 0 Å². The number of aryl methyl sites for hydroxylation is 4. The second kappa shape index (κ2) is 7.14. The van der Waals surface area contributed by atoms with Gasteiger partial charge in [0.15, 0.2) is 0 Å². The standard InChI is InChI=1S/C21H23NO6/c1-6-14(20(24)25)22-16(23)8-13-11(4)18-15(28-21(13)26)7-9(2)17-10(3)12(5)27-19(17)18/h7,14H,6,8H2,1-5H3,(H,22,23)(H,24,25)/p-1/t14-/m0/s1. The number of nitrogens with one attached hydrogen (secondary N) is 1. The van der Waals surface area contributed by atoms with Gasteiger partial charge in [-0.3, -0.25) is 4.79 Å². The number of hydrogen-bond acceptors (Lipinski definition) is 6. The lowest BCUT2D eigenvalue weighted by Crippen LogP contribution is -2.48. The third-order valence-corrected chi connectivity index (χ3v) is 5.24. The molecule has 0 aliphatic carbocycles. The van der Waals surface area contributed by atoms with Gasteiger partial charge >= 0.3 is 5.63 Å². The van der Waals surface area contributed by atoms with Gasteiger partial charge in [-0.1, -0.05) is 6.92 Å². The molecule has 1 N–H and O–H groups in total. The number of carboxylic acid groups (broad SMARTS) is 1. The number of hydrogen-bond donors (Lipinski definition) is 1. The van der Waals surface area contributed by atoms with E-state index in [1.54, 1.807) is 19.9 Å². The predicted molar refractivity (Wildman–Crippen MR) is 102 cm³/mol. The van der Waals surface area contributed by atoms with Crippen LogP contribution in [0.3, 0.4) is 0 Å². The Bertz CT molecular complexity index is 1170. The maximum atomic E-state index is 12.5. The van der Waals surface area contributed by atoms with Gasteiger partial charge in [-0.2, -0.15) is 0 Å². The van der Waals surface area contributed by atoms with Crippen LogP contribution in [0, 0.1) is 27.7 Å². The van der Waals surface area contributed by atoms with Gasteiger partial charge in [0.05, 0.1) is 29.4 Å². The molecule has 0 aliphatic heterocycles. The van der Waals surface area contributed by atoms with E-state index in [0.29, 0.717) is 22.1 Å². The third kappa shape index (κ3) is 3.17. The largest absolute Gasteiger partial charge is 0.548 e. The molecular weight excluding hydrogens is 362 g/mol. The summed E-state index contributed by atoms with van der Waals surface area (Å²) >= 11 is 0. The molecule has 0 aliphatic rings. The fourth-order valence-corrected chi connectivity index (χ4v) is 3.57. The molecule has 7 nitrogen and oxygen atoms in total. The Morgan fingerprint density at radius 2 is 1.79 bits per heavy atom. The fourth-order valence-electron chi connectivity index (χ4n) is 3.57. The minimum atomic E-state index is -1.36. The van der Waals surface area contributed by atoms with E-state index in [0.717, 1.165) is 22.3 Å². The number of amides is 1. The quantitative estimate of drug-likeness (QED) is 0.673. The van der Waals surface area contributed by atoms with Crippen molar-refractivity contribution in [2.24, 2.45) is 0 Å². The highest BCUT2D eigenvalue weighted by molar-refractivity contribution is 6.07. The lowest BCUT2D eigenvalue weighted by Gasteiger charge is -2.18. The predicted octanol–water partition coefficient (Wildman–Crippen LogP) is 1.96. The number of carbonyl (C=O) groups excluding carboxylic acids is 2. The summed E-state index contributed by atoms with van der Waals surface area (Å²) in [6, 6.07) is 0.686. The molecule has 0 saturated heterocycles. The molecular formula is C21H22NO6-. The average Bonchev–Trinajstić information content (AvgIpc) is 2.91. The molecule has 0 fully saturated rings. The zero-order chi connectivity index (χ0) is 20.7. The molecule has 0 bridgehead atoms. The van der Waals surface area contributed by atoms with E-state index in [1.807, 2.05) is 20.8 Å². The Morgan fingerprint density at radius 1 is 1.11 bits per heavy atom. The molecule has 0 spiro atoms. The molecule has 28 heavy (non-hydrogen) atoms. The van der Waals surface area contributed by atoms with Gasteiger partial charge in [0.2, 0.25) is 5.91 Å². The van der Waals surface area contributed by atoms with E-state index < -0.39 is 23.5 Å². The molecule has 1 atom stereocenters. The molecule has 0 radical (unpaired) electrons. The van der Waals surface area contributed by atoms with Crippen LogP contribution in [-0.2, 0) is 16.0 Å². The zero-order valence-corrected chi connectivity index (χ0v) is 16.5. The number of aliphatic carboxylic acids is 1. The molecule has 3 aromatic rings. The SMILES string of the molecule is CC[C@H](NC(=O)Cc1c(C)c2c(cc(C)c3c(C)c(C)oc32)oc1=O)C(=O)[O-]. The first-order valence-electron chi connectivity index (χ1n) is 9.11. The van der Waals surface area contributed by atoms with Crippen molar-refractivity contribution in [1.29, 1.82) is 0 Å². The van der Waals surface area contributed by atoms with Crippen molar-refractivity contribution in [3.05, 3.63) is 44.5 Å². The molecule has 148 valence electrons. The Kier molecular flexibility index (Phi) is 5.02.